The van der Waals surface area contributed by atoms with E-state index in [4.69, 9.17) is 16.6 Å². The molecular formula is C25H30ClN5O. The van der Waals surface area contributed by atoms with E-state index in [1.54, 1.807) is 6.33 Å². The van der Waals surface area contributed by atoms with Crippen molar-refractivity contribution in [3.05, 3.63) is 52.4 Å². The second-order valence-electron chi connectivity index (χ2n) is 10.2. The van der Waals surface area contributed by atoms with Crippen molar-refractivity contribution in [3.8, 4) is 0 Å². The lowest BCUT2D eigenvalue weighted by atomic mass is 9.87. The molecule has 1 spiro atoms. The Bertz CT molecular complexity index is 1060. The maximum Gasteiger partial charge on any atom is 0.231 e. The number of hydrogen-bond acceptors (Lipinski definition) is 5. The second kappa shape index (κ2) is 7.42. The van der Waals surface area contributed by atoms with Crippen molar-refractivity contribution in [2.24, 2.45) is 5.92 Å². The van der Waals surface area contributed by atoms with Crippen LogP contribution in [0.1, 0.15) is 49.4 Å². The molecule has 32 heavy (non-hydrogen) atoms. The van der Waals surface area contributed by atoms with Crippen molar-refractivity contribution in [2.75, 3.05) is 31.1 Å². The van der Waals surface area contributed by atoms with Crippen molar-refractivity contribution in [3.63, 3.8) is 0 Å². The summed E-state index contributed by atoms with van der Waals surface area (Å²) in [6.45, 7) is 7.24. The number of piperazine rings is 1. The van der Waals surface area contributed by atoms with Crippen molar-refractivity contribution in [2.45, 2.75) is 56.5 Å². The molecular weight excluding hydrogens is 422 g/mol. The molecule has 0 bridgehead atoms. The molecule has 2 aliphatic carbocycles. The third-order valence-electron chi connectivity index (χ3n) is 8.11. The summed E-state index contributed by atoms with van der Waals surface area (Å²) in [7, 11) is 0. The normalized spacial score (nSPS) is 28.2. The van der Waals surface area contributed by atoms with Crippen LogP contribution in [0.3, 0.4) is 0 Å². The van der Waals surface area contributed by atoms with Crippen LogP contribution < -0.4 is 10.2 Å². The van der Waals surface area contributed by atoms with Crippen LogP contribution >= 0.6 is 11.6 Å². The van der Waals surface area contributed by atoms with Crippen LogP contribution in [-0.2, 0) is 16.6 Å². The molecule has 1 saturated heterocycles. The summed E-state index contributed by atoms with van der Waals surface area (Å²) in [5.74, 6) is 1.79. The van der Waals surface area contributed by atoms with Gasteiger partial charge in [0.1, 0.15) is 12.1 Å². The molecule has 2 aromatic rings. The van der Waals surface area contributed by atoms with Gasteiger partial charge in [-0.1, -0.05) is 37.6 Å². The first-order valence-electron chi connectivity index (χ1n) is 11.9. The minimum atomic E-state index is -0.203. The highest BCUT2D eigenvalue weighted by Gasteiger charge is 2.67. The van der Waals surface area contributed by atoms with Gasteiger partial charge >= 0.3 is 0 Å². The number of nitrogens with one attached hydrogen (secondary N) is 1. The van der Waals surface area contributed by atoms with Gasteiger partial charge in [0.15, 0.2) is 0 Å². The Kier molecular flexibility index (Phi) is 4.74. The fourth-order valence-corrected chi connectivity index (χ4v) is 6.57. The maximum atomic E-state index is 13.8. The third kappa shape index (κ3) is 3.06. The molecule has 3 unspecified atom stereocenters. The smallest absolute Gasteiger partial charge is 0.231 e. The van der Waals surface area contributed by atoms with Crippen molar-refractivity contribution >= 4 is 23.3 Å². The van der Waals surface area contributed by atoms with E-state index in [1.807, 2.05) is 24.3 Å². The SMILES string of the molecule is CC(C)NCC(C(=O)N1CCN2c3ncnc4c3C3(CC4)CC3[C@@H]2C1)c1ccc(Cl)cc1. The van der Waals surface area contributed by atoms with Gasteiger partial charge in [0.05, 0.1) is 12.0 Å². The molecule has 4 aliphatic rings. The van der Waals surface area contributed by atoms with Gasteiger partial charge in [-0.2, -0.15) is 0 Å². The molecule has 168 valence electrons. The van der Waals surface area contributed by atoms with Crippen LogP contribution in [0.15, 0.2) is 30.6 Å². The van der Waals surface area contributed by atoms with E-state index >= 15 is 0 Å². The number of nitrogens with zero attached hydrogens (tertiary/aromatic N) is 4. The van der Waals surface area contributed by atoms with Gasteiger partial charge in [0.25, 0.3) is 0 Å². The Labute approximate surface area is 194 Å². The van der Waals surface area contributed by atoms with Crippen LogP contribution in [0.25, 0.3) is 0 Å². The third-order valence-corrected chi connectivity index (χ3v) is 8.36. The van der Waals surface area contributed by atoms with Gasteiger partial charge in [-0.25, -0.2) is 9.97 Å². The van der Waals surface area contributed by atoms with Crippen LogP contribution in [0.5, 0.6) is 0 Å². The molecule has 2 aliphatic heterocycles. The Morgan fingerprint density at radius 2 is 2.06 bits per heavy atom. The molecule has 1 aromatic carbocycles. The van der Waals surface area contributed by atoms with Gasteiger partial charge in [-0.05, 0) is 42.9 Å². The lowest BCUT2D eigenvalue weighted by Crippen LogP contribution is -2.59. The molecule has 1 aromatic heterocycles. The summed E-state index contributed by atoms with van der Waals surface area (Å²) in [5.41, 5.74) is 4.01. The lowest BCUT2D eigenvalue weighted by Gasteiger charge is -2.47. The number of halogens is 1. The first-order chi connectivity index (χ1) is 15.5. The fourth-order valence-electron chi connectivity index (χ4n) is 6.44. The highest BCUT2D eigenvalue weighted by molar-refractivity contribution is 6.30. The average molecular weight is 452 g/mol. The molecule has 4 atom stereocenters. The van der Waals surface area contributed by atoms with E-state index < -0.39 is 0 Å². The van der Waals surface area contributed by atoms with Crippen LogP contribution in [0.2, 0.25) is 5.02 Å². The number of aryl methyl sites for hydroxylation is 1. The van der Waals surface area contributed by atoms with Gasteiger partial charge < -0.3 is 15.1 Å². The van der Waals surface area contributed by atoms with Gasteiger partial charge in [0.2, 0.25) is 5.91 Å². The Morgan fingerprint density at radius 3 is 2.84 bits per heavy atom. The van der Waals surface area contributed by atoms with E-state index in [-0.39, 0.29) is 17.2 Å². The number of fused-ring (bicyclic) bond motifs is 3. The fraction of sp³-hybridized carbons (Fsp3) is 0.560. The molecule has 7 heteroatoms. The number of benzene rings is 1. The average Bonchev–Trinajstić information content (AvgIpc) is 3.43. The number of carbonyl (C=O) groups excluding carboxylic acids is 1. The monoisotopic (exact) mass is 451 g/mol. The summed E-state index contributed by atoms with van der Waals surface area (Å²) in [6.07, 6.45) is 5.23. The zero-order valence-corrected chi connectivity index (χ0v) is 19.5. The van der Waals surface area contributed by atoms with Crippen LogP contribution in [-0.4, -0.2) is 59.0 Å². The largest absolute Gasteiger partial charge is 0.349 e. The molecule has 1 N–H and O–H groups in total. The number of hydrogen-bond donors (Lipinski definition) is 1. The number of aromatic nitrogens is 2. The number of amides is 1. The maximum absolute atomic E-state index is 13.8. The Morgan fingerprint density at radius 1 is 1.25 bits per heavy atom. The van der Waals surface area contributed by atoms with Crippen molar-refractivity contribution < 1.29 is 4.79 Å². The zero-order chi connectivity index (χ0) is 22.0. The molecule has 0 radical (unpaired) electrons. The molecule has 6 nitrogen and oxygen atoms in total. The zero-order valence-electron chi connectivity index (χ0n) is 18.7. The van der Waals surface area contributed by atoms with E-state index in [9.17, 15) is 4.79 Å². The summed E-state index contributed by atoms with van der Waals surface area (Å²) in [6, 6.07) is 8.44. The summed E-state index contributed by atoms with van der Waals surface area (Å²) in [4.78, 5) is 27.7. The topological polar surface area (TPSA) is 61.4 Å². The van der Waals surface area contributed by atoms with Gasteiger partial charge in [-0.3, -0.25) is 4.79 Å². The van der Waals surface area contributed by atoms with Gasteiger partial charge in [0, 0.05) is 53.9 Å². The first-order valence-corrected chi connectivity index (χ1v) is 12.2. The number of rotatable bonds is 5. The van der Waals surface area contributed by atoms with Crippen molar-refractivity contribution in [1.82, 2.24) is 20.2 Å². The van der Waals surface area contributed by atoms with Gasteiger partial charge in [-0.15, -0.1) is 0 Å². The minimum Gasteiger partial charge on any atom is -0.349 e. The Hall–Kier alpha value is -2.18. The highest BCUT2D eigenvalue weighted by atomic mass is 35.5. The first kappa shape index (κ1) is 20.4. The van der Waals surface area contributed by atoms with Crippen molar-refractivity contribution in [1.29, 1.82) is 0 Å². The second-order valence-corrected chi connectivity index (χ2v) is 10.6. The number of anilines is 1. The van der Waals surface area contributed by atoms with E-state index in [0.29, 0.717) is 29.6 Å². The summed E-state index contributed by atoms with van der Waals surface area (Å²) < 4.78 is 0. The number of carbonyl (C=O) groups is 1. The van der Waals surface area contributed by atoms with Crippen LogP contribution in [0, 0.1) is 5.92 Å². The van der Waals surface area contributed by atoms with E-state index in [1.165, 1.54) is 24.1 Å². The molecule has 1 amide bonds. The summed E-state index contributed by atoms with van der Waals surface area (Å²) >= 11 is 6.11. The Balaban J connectivity index is 1.26. The molecule has 2 fully saturated rings. The highest BCUT2D eigenvalue weighted by Crippen LogP contribution is 2.68. The molecule has 1 saturated carbocycles. The predicted molar refractivity (Wildman–Crippen MR) is 125 cm³/mol. The quantitative estimate of drug-likeness (QED) is 0.756. The minimum absolute atomic E-state index is 0.203. The molecule has 6 rings (SSSR count). The predicted octanol–water partition coefficient (Wildman–Crippen LogP) is 3.15. The van der Waals surface area contributed by atoms with Crippen LogP contribution in [0.4, 0.5) is 5.82 Å². The van der Waals surface area contributed by atoms with E-state index in [2.05, 4.69) is 33.9 Å². The standard InChI is InChI=1S/C25H30ClN5O/c1-15(2)27-12-18(16-3-5-17(26)6-4-16)24(32)30-9-10-31-21(13-30)19-11-25(19)8-7-20-22(25)23(31)29-14-28-20/h3-6,14-15,18-19,21,27H,7-13H2,1-2H3/t18?,19?,21-,25?/m0/s1. The molecule has 3 heterocycles. The van der Waals surface area contributed by atoms with E-state index in [0.717, 1.165) is 37.4 Å². The summed E-state index contributed by atoms with van der Waals surface area (Å²) in [5, 5.41) is 4.18. The lowest BCUT2D eigenvalue weighted by molar-refractivity contribution is -0.133.